The molecule has 5 heteroatoms. The maximum atomic E-state index is 12.1. The van der Waals surface area contributed by atoms with Crippen LogP contribution in [0.1, 0.15) is 18.5 Å². The van der Waals surface area contributed by atoms with Gasteiger partial charge in [0.2, 0.25) is 0 Å². The Labute approximate surface area is 139 Å². The molecular formula is C19H15N3O2. The molecule has 3 rings (SSSR count). The fourth-order valence-electron chi connectivity index (χ4n) is 2.27. The number of carbonyl (C=O) groups is 1. The third-order valence-corrected chi connectivity index (χ3v) is 3.68. The summed E-state index contributed by atoms with van der Waals surface area (Å²) in [6, 6.07) is 17.9. The minimum atomic E-state index is -0.488. The molecule has 1 aromatic heterocycles. The van der Waals surface area contributed by atoms with Crippen LogP contribution >= 0.6 is 0 Å². The van der Waals surface area contributed by atoms with Crippen molar-refractivity contribution in [1.82, 2.24) is 9.78 Å². The zero-order valence-electron chi connectivity index (χ0n) is 13.1. The number of nitrogens with zero attached hydrogens (tertiary/aromatic N) is 3. The molecule has 0 fully saturated rings. The Balaban J connectivity index is 1.70. The second-order valence-corrected chi connectivity index (χ2v) is 5.30. The molecule has 118 valence electrons. The first-order valence-corrected chi connectivity index (χ1v) is 7.49. The molecule has 1 atom stereocenters. The first-order chi connectivity index (χ1) is 11.7. The van der Waals surface area contributed by atoms with E-state index in [2.05, 4.69) is 11.2 Å². The molecule has 0 radical (unpaired) electrons. The molecule has 0 saturated carbocycles. The summed E-state index contributed by atoms with van der Waals surface area (Å²) in [5.74, 6) is 0.112. The first kappa shape index (κ1) is 15.5. The summed E-state index contributed by atoms with van der Waals surface area (Å²) < 4.78 is 6.93. The molecule has 0 aliphatic carbocycles. The van der Waals surface area contributed by atoms with Gasteiger partial charge in [-0.2, -0.15) is 10.4 Å². The normalized spacial score (nSPS) is 11.5. The largest absolute Gasteiger partial charge is 0.425 e. The van der Waals surface area contributed by atoms with E-state index in [9.17, 15) is 4.79 Å². The molecule has 24 heavy (non-hydrogen) atoms. The van der Waals surface area contributed by atoms with Gasteiger partial charge in [0, 0.05) is 12.4 Å². The zero-order valence-corrected chi connectivity index (χ0v) is 13.1. The Morgan fingerprint density at radius 1 is 1.12 bits per heavy atom. The second kappa shape index (κ2) is 6.80. The Morgan fingerprint density at radius 3 is 2.29 bits per heavy atom. The van der Waals surface area contributed by atoms with E-state index in [0.29, 0.717) is 11.3 Å². The maximum absolute atomic E-state index is 12.1. The van der Waals surface area contributed by atoms with E-state index >= 15 is 0 Å². The summed E-state index contributed by atoms with van der Waals surface area (Å²) in [5, 5.41) is 12.9. The van der Waals surface area contributed by atoms with Crippen LogP contribution in [0.25, 0.3) is 11.1 Å². The number of hydrogen-bond acceptors (Lipinski definition) is 4. The lowest BCUT2D eigenvalue weighted by Gasteiger charge is -2.12. The number of ether oxygens (including phenoxy) is 1. The molecule has 0 aliphatic rings. The highest BCUT2D eigenvalue weighted by atomic mass is 16.5. The number of esters is 1. The van der Waals surface area contributed by atoms with Crippen LogP contribution in [0.3, 0.4) is 0 Å². The molecule has 5 nitrogen and oxygen atoms in total. The first-order valence-electron chi connectivity index (χ1n) is 7.49. The van der Waals surface area contributed by atoms with Crippen LogP contribution in [-0.4, -0.2) is 15.7 Å². The van der Waals surface area contributed by atoms with E-state index < -0.39 is 6.04 Å². The molecule has 0 N–H and O–H groups in total. The van der Waals surface area contributed by atoms with Crippen LogP contribution in [0.15, 0.2) is 67.0 Å². The van der Waals surface area contributed by atoms with Crippen molar-refractivity contribution in [3.8, 4) is 22.9 Å². The number of aromatic nitrogens is 2. The van der Waals surface area contributed by atoms with E-state index in [4.69, 9.17) is 10.00 Å². The summed E-state index contributed by atoms with van der Waals surface area (Å²) in [5.41, 5.74) is 2.60. The van der Waals surface area contributed by atoms with Crippen LogP contribution in [0, 0.1) is 11.3 Å². The molecule has 3 aromatic rings. The van der Waals surface area contributed by atoms with Gasteiger partial charge in [-0.25, -0.2) is 4.79 Å². The summed E-state index contributed by atoms with van der Waals surface area (Å²) in [7, 11) is 0. The van der Waals surface area contributed by atoms with Gasteiger partial charge in [-0.15, -0.1) is 0 Å². The number of benzene rings is 2. The average Bonchev–Trinajstić information content (AvgIpc) is 3.16. The van der Waals surface area contributed by atoms with Gasteiger partial charge in [0.25, 0.3) is 0 Å². The van der Waals surface area contributed by atoms with Gasteiger partial charge in [0.15, 0.2) is 0 Å². The van der Waals surface area contributed by atoms with Gasteiger partial charge < -0.3 is 4.74 Å². The van der Waals surface area contributed by atoms with Crippen LogP contribution in [0.2, 0.25) is 0 Å². The molecule has 1 heterocycles. The Bertz CT molecular complexity index is 860. The standard InChI is InChI=1S/C19H15N3O2/c1-14(22-12-2-11-21-22)19(23)24-18-9-7-17(8-10-18)16-5-3-15(13-20)4-6-16/h2-12,14H,1H3. The predicted molar refractivity (Wildman–Crippen MR) is 89.2 cm³/mol. The number of rotatable bonds is 4. The van der Waals surface area contributed by atoms with Gasteiger partial charge in [-0.3, -0.25) is 4.68 Å². The van der Waals surface area contributed by atoms with Gasteiger partial charge in [-0.05, 0) is 48.4 Å². The van der Waals surface area contributed by atoms with Crippen LogP contribution in [0.4, 0.5) is 0 Å². The number of nitriles is 1. The highest BCUT2D eigenvalue weighted by Gasteiger charge is 2.17. The topological polar surface area (TPSA) is 67.9 Å². The highest BCUT2D eigenvalue weighted by molar-refractivity contribution is 5.76. The van der Waals surface area contributed by atoms with E-state index in [1.54, 1.807) is 54.3 Å². The predicted octanol–water partition coefficient (Wildman–Crippen LogP) is 3.59. The van der Waals surface area contributed by atoms with Gasteiger partial charge >= 0.3 is 5.97 Å². The monoisotopic (exact) mass is 317 g/mol. The van der Waals surface area contributed by atoms with Crippen molar-refractivity contribution in [3.63, 3.8) is 0 Å². The average molecular weight is 317 g/mol. The van der Waals surface area contributed by atoms with E-state index in [1.807, 2.05) is 24.3 Å². The Kier molecular flexibility index (Phi) is 4.39. The second-order valence-electron chi connectivity index (χ2n) is 5.30. The van der Waals surface area contributed by atoms with E-state index in [0.717, 1.165) is 11.1 Å². The fraction of sp³-hybridized carbons (Fsp3) is 0.105. The van der Waals surface area contributed by atoms with Crippen molar-refractivity contribution in [2.75, 3.05) is 0 Å². The van der Waals surface area contributed by atoms with E-state index in [1.165, 1.54) is 0 Å². The van der Waals surface area contributed by atoms with Gasteiger partial charge in [0.05, 0.1) is 11.6 Å². The van der Waals surface area contributed by atoms with Gasteiger partial charge in [0.1, 0.15) is 11.8 Å². The van der Waals surface area contributed by atoms with Crippen molar-refractivity contribution < 1.29 is 9.53 Å². The lowest BCUT2D eigenvalue weighted by molar-refractivity contribution is -0.137. The van der Waals surface area contributed by atoms with Crippen LogP contribution in [-0.2, 0) is 4.79 Å². The smallest absolute Gasteiger partial charge is 0.336 e. The van der Waals surface area contributed by atoms with Gasteiger partial charge in [-0.1, -0.05) is 24.3 Å². The molecule has 0 spiro atoms. The fourth-order valence-corrected chi connectivity index (χ4v) is 2.27. The molecule has 1 unspecified atom stereocenters. The SMILES string of the molecule is CC(C(=O)Oc1ccc(-c2ccc(C#N)cc2)cc1)n1cccn1. The number of hydrogen-bond donors (Lipinski definition) is 0. The van der Waals surface area contributed by atoms with Crippen LogP contribution < -0.4 is 4.74 Å². The quantitative estimate of drug-likeness (QED) is 0.545. The van der Waals surface area contributed by atoms with Crippen molar-refractivity contribution >= 4 is 5.97 Å². The minimum absolute atomic E-state index is 0.371. The lowest BCUT2D eigenvalue weighted by Crippen LogP contribution is -2.21. The lowest BCUT2D eigenvalue weighted by atomic mass is 10.0. The Morgan fingerprint density at radius 2 is 1.75 bits per heavy atom. The van der Waals surface area contributed by atoms with Crippen molar-refractivity contribution in [1.29, 1.82) is 5.26 Å². The highest BCUT2D eigenvalue weighted by Crippen LogP contribution is 2.23. The minimum Gasteiger partial charge on any atom is -0.425 e. The zero-order chi connectivity index (χ0) is 16.9. The third kappa shape index (κ3) is 3.33. The summed E-state index contributed by atoms with van der Waals surface area (Å²) in [6.07, 6.45) is 3.34. The molecule has 0 bridgehead atoms. The molecule has 0 saturated heterocycles. The summed E-state index contributed by atoms with van der Waals surface area (Å²) in [6.45, 7) is 1.74. The summed E-state index contributed by atoms with van der Waals surface area (Å²) >= 11 is 0. The molecular weight excluding hydrogens is 302 g/mol. The molecule has 0 aliphatic heterocycles. The van der Waals surface area contributed by atoms with Crippen molar-refractivity contribution in [3.05, 3.63) is 72.6 Å². The van der Waals surface area contributed by atoms with Crippen LogP contribution in [0.5, 0.6) is 5.75 Å². The number of carbonyl (C=O) groups excluding carboxylic acids is 1. The third-order valence-electron chi connectivity index (χ3n) is 3.68. The molecule has 0 amide bonds. The Hall–Kier alpha value is -3.39. The molecule has 2 aromatic carbocycles. The maximum Gasteiger partial charge on any atom is 0.336 e. The summed E-state index contributed by atoms with van der Waals surface area (Å²) in [4.78, 5) is 12.1. The van der Waals surface area contributed by atoms with E-state index in [-0.39, 0.29) is 5.97 Å². The van der Waals surface area contributed by atoms with Crippen molar-refractivity contribution in [2.45, 2.75) is 13.0 Å². The van der Waals surface area contributed by atoms with Crippen molar-refractivity contribution in [2.24, 2.45) is 0 Å².